The van der Waals surface area contributed by atoms with Crippen LogP contribution in [-0.2, 0) is 22.6 Å². The molecule has 0 saturated heterocycles. The molecule has 2 N–H and O–H groups in total. The van der Waals surface area contributed by atoms with Gasteiger partial charge in [-0.05, 0) is 29.0 Å². The first kappa shape index (κ1) is 17.1. The highest BCUT2D eigenvalue weighted by molar-refractivity contribution is 7.10. The van der Waals surface area contributed by atoms with E-state index in [-0.39, 0.29) is 17.7 Å². The minimum atomic E-state index is -0.542. The zero-order valence-corrected chi connectivity index (χ0v) is 14.1. The molecule has 0 bridgehead atoms. The number of pyridine rings is 1. The van der Waals surface area contributed by atoms with Crippen LogP contribution in [0.25, 0.3) is 0 Å². The zero-order chi connectivity index (χ0) is 16.7. The van der Waals surface area contributed by atoms with Crippen molar-refractivity contribution in [2.45, 2.75) is 32.9 Å². The number of nitrogens with zero attached hydrogens (tertiary/aromatic N) is 1. The van der Waals surface area contributed by atoms with Crippen molar-refractivity contribution in [2.24, 2.45) is 5.92 Å². The molecule has 0 aliphatic heterocycles. The lowest BCUT2D eigenvalue weighted by atomic mass is 10.0. The Labute approximate surface area is 140 Å². The second-order valence-electron chi connectivity index (χ2n) is 5.62. The zero-order valence-electron chi connectivity index (χ0n) is 13.3. The maximum Gasteiger partial charge on any atom is 0.243 e. The molecule has 0 fully saturated rings. The number of amides is 2. The molecule has 2 amide bonds. The van der Waals surface area contributed by atoms with Crippen LogP contribution in [0.1, 0.15) is 24.3 Å². The van der Waals surface area contributed by atoms with E-state index >= 15 is 0 Å². The Morgan fingerprint density at radius 2 is 2.09 bits per heavy atom. The van der Waals surface area contributed by atoms with E-state index < -0.39 is 6.04 Å². The van der Waals surface area contributed by atoms with Crippen molar-refractivity contribution >= 4 is 23.2 Å². The van der Waals surface area contributed by atoms with Crippen molar-refractivity contribution in [3.63, 3.8) is 0 Å². The minimum Gasteiger partial charge on any atom is -0.350 e. The second kappa shape index (κ2) is 8.43. The SMILES string of the molecule is CC(C)[C@H](NC(=O)Cc1cccs1)C(=O)NCc1cccnc1. The van der Waals surface area contributed by atoms with Crippen LogP contribution >= 0.6 is 11.3 Å². The largest absolute Gasteiger partial charge is 0.350 e. The Hall–Kier alpha value is -2.21. The van der Waals surface area contributed by atoms with Crippen LogP contribution in [0, 0.1) is 5.92 Å². The topological polar surface area (TPSA) is 71.1 Å². The molecule has 6 heteroatoms. The van der Waals surface area contributed by atoms with Gasteiger partial charge in [0.2, 0.25) is 11.8 Å². The van der Waals surface area contributed by atoms with Crippen molar-refractivity contribution in [2.75, 3.05) is 0 Å². The molecule has 5 nitrogen and oxygen atoms in total. The van der Waals surface area contributed by atoms with Crippen molar-refractivity contribution in [1.82, 2.24) is 15.6 Å². The third-order valence-corrected chi connectivity index (χ3v) is 4.25. The van der Waals surface area contributed by atoms with Gasteiger partial charge >= 0.3 is 0 Å². The molecule has 1 atom stereocenters. The van der Waals surface area contributed by atoms with Crippen LogP contribution in [0.4, 0.5) is 0 Å². The van der Waals surface area contributed by atoms with Gasteiger partial charge in [0, 0.05) is 23.8 Å². The molecule has 0 aliphatic carbocycles. The fraction of sp³-hybridized carbons (Fsp3) is 0.353. The van der Waals surface area contributed by atoms with Crippen molar-refractivity contribution in [3.05, 3.63) is 52.5 Å². The molecule has 0 aromatic carbocycles. The van der Waals surface area contributed by atoms with Gasteiger partial charge in [-0.2, -0.15) is 0 Å². The first-order valence-electron chi connectivity index (χ1n) is 7.54. The summed E-state index contributed by atoms with van der Waals surface area (Å²) in [5, 5.41) is 7.62. The van der Waals surface area contributed by atoms with E-state index in [1.165, 1.54) is 11.3 Å². The van der Waals surface area contributed by atoms with Crippen LogP contribution in [0.5, 0.6) is 0 Å². The number of hydrogen-bond donors (Lipinski definition) is 2. The summed E-state index contributed by atoms with van der Waals surface area (Å²) in [4.78, 5) is 29.5. The summed E-state index contributed by atoms with van der Waals surface area (Å²) >= 11 is 1.53. The summed E-state index contributed by atoms with van der Waals surface area (Å²) in [7, 11) is 0. The third-order valence-electron chi connectivity index (χ3n) is 3.37. The van der Waals surface area contributed by atoms with Gasteiger partial charge in [0.15, 0.2) is 0 Å². The average Bonchev–Trinajstić information content (AvgIpc) is 3.04. The van der Waals surface area contributed by atoms with Gasteiger partial charge in [-0.3, -0.25) is 14.6 Å². The highest BCUT2D eigenvalue weighted by Gasteiger charge is 2.24. The molecule has 0 unspecified atom stereocenters. The third kappa shape index (κ3) is 5.49. The summed E-state index contributed by atoms with van der Waals surface area (Å²) in [6.07, 6.45) is 3.70. The molecule has 0 spiro atoms. The Morgan fingerprint density at radius 3 is 2.70 bits per heavy atom. The molecular formula is C17H21N3O2S. The van der Waals surface area contributed by atoms with Gasteiger partial charge in [-0.1, -0.05) is 26.0 Å². The van der Waals surface area contributed by atoms with E-state index in [2.05, 4.69) is 15.6 Å². The maximum atomic E-state index is 12.4. The smallest absolute Gasteiger partial charge is 0.243 e. The molecular weight excluding hydrogens is 310 g/mol. The van der Waals surface area contributed by atoms with Gasteiger partial charge in [-0.15, -0.1) is 11.3 Å². The highest BCUT2D eigenvalue weighted by Crippen LogP contribution is 2.10. The monoisotopic (exact) mass is 331 g/mol. The summed E-state index contributed by atoms with van der Waals surface area (Å²) in [5.41, 5.74) is 0.924. The molecule has 2 rings (SSSR count). The number of nitrogens with one attached hydrogen (secondary N) is 2. The van der Waals surface area contributed by atoms with E-state index in [1.807, 2.05) is 43.5 Å². The van der Waals surface area contributed by atoms with Gasteiger partial charge < -0.3 is 10.6 Å². The quantitative estimate of drug-likeness (QED) is 0.816. The average molecular weight is 331 g/mol. The van der Waals surface area contributed by atoms with Crippen LogP contribution in [-0.4, -0.2) is 22.8 Å². The van der Waals surface area contributed by atoms with E-state index in [0.717, 1.165) is 10.4 Å². The van der Waals surface area contributed by atoms with Crippen molar-refractivity contribution in [3.8, 4) is 0 Å². The fourth-order valence-corrected chi connectivity index (χ4v) is 2.84. The summed E-state index contributed by atoms with van der Waals surface area (Å²) in [6.45, 7) is 4.23. The first-order valence-corrected chi connectivity index (χ1v) is 8.42. The normalized spacial score (nSPS) is 12.0. The van der Waals surface area contributed by atoms with E-state index in [9.17, 15) is 9.59 Å². The van der Waals surface area contributed by atoms with Crippen molar-refractivity contribution in [1.29, 1.82) is 0 Å². The second-order valence-corrected chi connectivity index (χ2v) is 6.66. The Kier molecular flexibility index (Phi) is 6.29. The van der Waals surface area contributed by atoms with Crippen molar-refractivity contribution < 1.29 is 9.59 Å². The van der Waals surface area contributed by atoms with Crippen LogP contribution < -0.4 is 10.6 Å². The summed E-state index contributed by atoms with van der Waals surface area (Å²) in [6, 6.07) is 7.00. The van der Waals surface area contributed by atoms with Crippen LogP contribution in [0.2, 0.25) is 0 Å². The minimum absolute atomic E-state index is 0.0104. The molecule has 2 aromatic heterocycles. The molecule has 2 aromatic rings. The summed E-state index contributed by atoms with van der Waals surface area (Å²) in [5.74, 6) is -0.303. The number of rotatable bonds is 7. The Bertz CT molecular complexity index is 627. The molecule has 0 radical (unpaired) electrons. The molecule has 2 heterocycles. The fourth-order valence-electron chi connectivity index (χ4n) is 2.13. The lowest BCUT2D eigenvalue weighted by Gasteiger charge is -2.21. The maximum absolute atomic E-state index is 12.4. The molecule has 0 aliphatic rings. The predicted octanol–water partition coefficient (Wildman–Crippen LogP) is 2.14. The van der Waals surface area contributed by atoms with Crippen LogP contribution in [0.15, 0.2) is 42.0 Å². The summed E-state index contributed by atoms with van der Waals surface area (Å²) < 4.78 is 0. The Balaban J connectivity index is 1.89. The predicted molar refractivity (Wildman–Crippen MR) is 90.9 cm³/mol. The van der Waals surface area contributed by atoms with Gasteiger partial charge in [0.05, 0.1) is 6.42 Å². The number of carbonyl (C=O) groups excluding carboxylic acids is 2. The van der Waals surface area contributed by atoms with E-state index in [0.29, 0.717) is 13.0 Å². The van der Waals surface area contributed by atoms with E-state index in [4.69, 9.17) is 0 Å². The van der Waals surface area contributed by atoms with Gasteiger partial charge in [0.25, 0.3) is 0 Å². The molecule has 122 valence electrons. The van der Waals surface area contributed by atoms with Crippen LogP contribution in [0.3, 0.4) is 0 Å². The molecule has 23 heavy (non-hydrogen) atoms. The number of carbonyl (C=O) groups is 2. The van der Waals surface area contributed by atoms with Gasteiger partial charge in [0.1, 0.15) is 6.04 Å². The number of thiophene rings is 1. The molecule has 0 saturated carbocycles. The van der Waals surface area contributed by atoms with E-state index in [1.54, 1.807) is 12.4 Å². The lowest BCUT2D eigenvalue weighted by Crippen LogP contribution is -2.49. The number of hydrogen-bond acceptors (Lipinski definition) is 4. The van der Waals surface area contributed by atoms with Gasteiger partial charge in [-0.25, -0.2) is 0 Å². The lowest BCUT2D eigenvalue weighted by molar-refractivity contribution is -0.129. The standard InChI is InChI=1S/C17H21N3O2S/c1-12(2)16(20-15(21)9-14-6-4-8-23-14)17(22)19-11-13-5-3-7-18-10-13/h3-8,10,12,16H,9,11H2,1-2H3,(H,19,22)(H,20,21)/t16-/m0/s1. The first-order chi connectivity index (χ1) is 11.1. The highest BCUT2D eigenvalue weighted by atomic mass is 32.1. The number of aromatic nitrogens is 1. The Morgan fingerprint density at radius 1 is 1.26 bits per heavy atom.